The first kappa shape index (κ1) is 20.1. The molecule has 1 aliphatic heterocycles. The van der Waals surface area contributed by atoms with E-state index in [9.17, 15) is 9.59 Å². The van der Waals surface area contributed by atoms with Crippen LogP contribution in [0.1, 0.15) is 52.8 Å². The Kier molecular flexibility index (Phi) is 5.49. The summed E-state index contributed by atoms with van der Waals surface area (Å²) in [6.45, 7) is 9.87. The summed E-state index contributed by atoms with van der Waals surface area (Å²) in [6, 6.07) is 7.80. The number of hydrogen-bond acceptors (Lipinski definition) is 5. The minimum Gasteiger partial charge on any atom is -0.378 e. The lowest BCUT2D eigenvalue weighted by atomic mass is 9.75. The third kappa shape index (κ3) is 3.96. The van der Waals surface area contributed by atoms with Crippen molar-refractivity contribution in [1.29, 1.82) is 0 Å². The molecule has 0 saturated carbocycles. The number of ether oxygens (including phenoxy) is 1. The van der Waals surface area contributed by atoms with E-state index in [-0.39, 0.29) is 17.1 Å². The molecule has 1 aromatic carbocycles. The Hall–Kier alpha value is -2.18. The van der Waals surface area contributed by atoms with Crippen molar-refractivity contribution >= 4 is 28.0 Å². The van der Waals surface area contributed by atoms with Crippen LogP contribution < -0.4 is 10.2 Å². The average molecular weight is 413 g/mol. The van der Waals surface area contributed by atoms with E-state index >= 15 is 0 Å². The van der Waals surface area contributed by atoms with Crippen LogP contribution in [-0.2, 0) is 11.2 Å². The number of nitrogens with zero attached hydrogens (tertiary/aromatic N) is 1. The Morgan fingerprint density at radius 2 is 2.00 bits per heavy atom. The molecule has 1 N–H and O–H groups in total. The van der Waals surface area contributed by atoms with Gasteiger partial charge in [0.05, 0.1) is 23.1 Å². The van der Waals surface area contributed by atoms with E-state index in [0.29, 0.717) is 31.7 Å². The Labute approximate surface area is 176 Å². The molecule has 5 nitrogen and oxygen atoms in total. The summed E-state index contributed by atoms with van der Waals surface area (Å²) >= 11 is 1.62. The molecule has 0 unspecified atom stereocenters. The van der Waals surface area contributed by atoms with Crippen molar-refractivity contribution in [3.8, 4) is 11.1 Å². The number of Topliss-reactive ketones (excluding diaryl/α,β-unsaturated/α-hetero) is 1. The molecule has 2 aromatic rings. The maximum absolute atomic E-state index is 12.9. The summed E-state index contributed by atoms with van der Waals surface area (Å²) in [5, 5.41) is 4.01. The van der Waals surface area contributed by atoms with Crippen molar-refractivity contribution in [3.63, 3.8) is 0 Å². The van der Waals surface area contributed by atoms with Crippen LogP contribution in [0.2, 0.25) is 0 Å². The zero-order chi connectivity index (χ0) is 20.6. The van der Waals surface area contributed by atoms with E-state index in [2.05, 4.69) is 30.1 Å². The number of carbonyl (C=O) groups is 2. The molecular formula is C23H28N2O3S. The molecule has 0 atom stereocenters. The van der Waals surface area contributed by atoms with Gasteiger partial charge in [-0.05, 0) is 42.0 Å². The first-order chi connectivity index (χ1) is 13.9. The molecule has 29 heavy (non-hydrogen) atoms. The van der Waals surface area contributed by atoms with Gasteiger partial charge in [-0.15, -0.1) is 11.3 Å². The van der Waals surface area contributed by atoms with Gasteiger partial charge in [0.15, 0.2) is 5.78 Å². The second kappa shape index (κ2) is 7.92. The van der Waals surface area contributed by atoms with E-state index in [1.54, 1.807) is 11.3 Å². The third-order valence-electron chi connectivity index (χ3n) is 5.59. The summed E-state index contributed by atoms with van der Waals surface area (Å²) in [7, 11) is 0. The number of thiophene rings is 1. The zero-order valence-electron chi connectivity index (χ0n) is 17.3. The molecule has 2 aliphatic rings. The van der Waals surface area contributed by atoms with Crippen LogP contribution in [-0.4, -0.2) is 44.5 Å². The van der Waals surface area contributed by atoms with Crippen molar-refractivity contribution < 1.29 is 14.3 Å². The van der Waals surface area contributed by atoms with Crippen LogP contribution in [0.5, 0.6) is 0 Å². The number of hydrogen-bond donors (Lipinski definition) is 1. The van der Waals surface area contributed by atoms with Gasteiger partial charge in [0, 0.05) is 37.2 Å². The topological polar surface area (TPSA) is 58.6 Å². The highest BCUT2D eigenvalue weighted by Crippen LogP contribution is 2.49. The monoisotopic (exact) mass is 412 g/mol. The zero-order valence-corrected chi connectivity index (χ0v) is 18.2. The van der Waals surface area contributed by atoms with Crippen molar-refractivity contribution in [3.05, 3.63) is 40.3 Å². The third-order valence-corrected chi connectivity index (χ3v) is 6.92. The fourth-order valence-corrected chi connectivity index (χ4v) is 5.60. The number of benzene rings is 1. The lowest BCUT2D eigenvalue weighted by Gasteiger charge is -2.30. The fraction of sp³-hybridized carbons (Fsp3) is 0.478. The van der Waals surface area contributed by atoms with Crippen molar-refractivity contribution in [2.75, 3.05) is 37.7 Å². The minimum atomic E-state index is -0.0669. The lowest BCUT2D eigenvalue weighted by Crippen LogP contribution is -2.36. The van der Waals surface area contributed by atoms with Gasteiger partial charge in [0.1, 0.15) is 0 Å². The highest BCUT2D eigenvalue weighted by atomic mass is 32.1. The van der Waals surface area contributed by atoms with Gasteiger partial charge in [0.2, 0.25) is 0 Å². The maximum Gasteiger partial charge on any atom is 0.251 e. The average Bonchev–Trinajstić information content (AvgIpc) is 3.07. The van der Waals surface area contributed by atoms with Gasteiger partial charge in [-0.1, -0.05) is 26.0 Å². The molecule has 1 amide bonds. The Morgan fingerprint density at radius 1 is 1.24 bits per heavy atom. The predicted molar refractivity (Wildman–Crippen MR) is 117 cm³/mol. The van der Waals surface area contributed by atoms with E-state index in [1.807, 2.05) is 25.1 Å². The Balaban J connectivity index is 1.86. The molecule has 2 heterocycles. The highest BCUT2D eigenvalue weighted by molar-refractivity contribution is 7.19. The Bertz CT molecular complexity index is 942. The van der Waals surface area contributed by atoms with Crippen LogP contribution in [0.3, 0.4) is 0 Å². The number of ketones is 1. The van der Waals surface area contributed by atoms with Gasteiger partial charge in [0.25, 0.3) is 5.91 Å². The van der Waals surface area contributed by atoms with E-state index < -0.39 is 0 Å². The molecule has 6 heteroatoms. The number of rotatable bonds is 4. The maximum atomic E-state index is 12.9. The summed E-state index contributed by atoms with van der Waals surface area (Å²) < 4.78 is 5.54. The van der Waals surface area contributed by atoms with Gasteiger partial charge in [-0.25, -0.2) is 0 Å². The highest BCUT2D eigenvalue weighted by Gasteiger charge is 2.37. The second-order valence-electron chi connectivity index (χ2n) is 8.57. The van der Waals surface area contributed by atoms with Crippen molar-refractivity contribution in [1.82, 2.24) is 5.32 Å². The number of nitrogens with one attached hydrogen (secondary N) is 1. The smallest absolute Gasteiger partial charge is 0.251 e. The van der Waals surface area contributed by atoms with E-state index in [1.165, 1.54) is 0 Å². The van der Waals surface area contributed by atoms with Gasteiger partial charge < -0.3 is 15.0 Å². The largest absolute Gasteiger partial charge is 0.378 e. The molecule has 154 valence electrons. The first-order valence-electron chi connectivity index (χ1n) is 10.3. The van der Waals surface area contributed by atoms with Crippen LogP contribution >= 0.6 is 11.3 Å². The predicted octanol–water partition coefficient (Wildman–Crippen LogP) is 4.16. The molecule has 0 radical (unpaired) electrons. The standard InChI is InChI=1S/C23H28N2O3S/c1-4-24-21(27)16-7-5-6-15(12-16)19-17-13-23(2,3)14-18(26)20(17)29-22(19)25-8-10-28-11-9-25/h5-7,12H,4,8-11,13-14H2,1-3H3,(H,24,27). The normalized spacial score (nSPS) is 18.4. The lowest BCUT2D eigenvalue weighted by molar-refractivity contribution is 0.0915. The number of amides is 1. The quantitative estimate of drug-likeness (QED) is 0.819. The summed E-state index contributed by atoms with van der Waals surface area (Å²) in [5.74, 6) is 0.171. The SMILES string of the molecule is CCNC(=O)c1cccc(-c2c(N3CCOCC3)sc3c2CC(C)(C)CC3=O)c1. The fourth-order valence-electron chi connectivity index (χ4n) is 4.27. The van der Waals surface area contributed by atoms with Crippen LogP contribution in [0, 0.1) is 5.41 Å². The Morgan fingerprint density at radius 3 is 2.72 bits per heavy atom. The van der Waals surface area contributed by atoms with Crippen LogP contribution in [0.4, 0.5) is 5.00 Å². The second-order valence-corrected chi connectivity index (χ2v) is 9.57. The van der Waals surface area contributed by atoms with Gasteiger partial charge in [-0.3, -0.25) is 9.59 Å². The van der Waals surface area contributed by atoms with Crippen LogP contribution in [0.25, 0.3) is 11.1 Å². The molecule has 0 spiro atoms. The number of morpholine rings is 1. The molecule has 1 fully saturated rings. The van der Waals surface area contributed by atoms with Crippen molar-refractivity contribution in [2.24, 2.45) is 5.41 Å². The van der Waals surface area contributed by atoms with Gasteiger partial charge in [-0.2, -0.15) is 0 Å². The molecule has 1 saturated heterocycles. The van der Waals surface area contributed by atoms with E-state index in [4.69, 9.17) is 4.74 Å². The van der Waals surface area contributed by atoms with Gasteiger partial charge >= 0.3 is 0 Å². The molecule has 1 aliphatic carbocycles. The molecule has 0 bridgehead atoms. The molecule has 1 aromatic heterocycles. The number of carbonyl (C=O) groups excluding carboxylic acids is 2. The van der Waals surface area contributed by atoms with Crippen LogP contribution in [0.15, 0.2) is 24.3 Å². The number of fused-ring (bicyclic) bond motifs is 1. The summed E-state index contributed by atoms with van der Waals surface area (Å²) in [4.78, 5) is 28.6. The summed E-state index contributed by atoms with van der Waals surface area (Å²) in [6.07, 6.45) is 1.46. The van der Waals surface area contributed by atoms with Crippen molar-refractivity contribution in [2.45, 2.75) is 33.6 Å². The molecule has 4 rings (SSSR count). The summed E-state index contributed by atoms with van der Waals surface area (Å²) in [5.41, 5.74) is 3.88. The first-order valence-corrected chi connectivity index (χ1v) is 11.1. The van der Waals surface area contributed by atoms with E-state index in [0.717, 1.165) is 46.1 Å². The minimum absolute atomic E-state index is 0.0562. The molecular weight excluding hydrogens is 384 g/mol. The number of anilines is 1.